The summed E-state index contributed by atoms with van der Waals surface area (Å²) in [5, 5.41) is 3.49. The number of nitrogens with one attached hydrogen (secondary N) is 2. The minimum atomic E-state index is -0.427. The molecule has 2 aromatic rings. The van der Waals surface area contributed by atoms with E-state index >= 15 is 0 Å². The summed E-state index contributed by atoms with van der Waals surface area (Å²) in [7, 11) is 1.55. The predicted molar refractivity (Wildman–Crippen MR) is 108 cm³/mol. The highest BCUT2D eigenvalue weighted by molar-refractivity contribution is 5.98. The van der Waals surface area contributed by atoms with Crippen LogP contribution in [0.5, 0.6) is 5.75 Å². The fraction of sp³-hybridized carbons (Fsp3) is 0.524. The summed E-state index contributed by atoms with van der Waals surface area (Å²) in [6.07, 6.45) is 3.93. The van der Waals surface area contributed by atoms with Crippen LogP contribution in [0, 0.1) is 5.92 Å². The first-order chi connectivity index (χ1) is 12.8. The quantitative estimate of drug-likeness (QED) is 0.848. The van der Waals surface area contributed by atoms with Gasteiger partial charge in [0.1, 0.15) is 11.3 Å². The van der Waals surface area contributed by atoms with E-state index in [-0.39, 0.29) is 16.9 Å². The van der Waals surface area contributed by atoms with Gasteiger partial charge in [-0.15, -0.1) is 0 Å². The maximum absolute atomic E-state index is 12.8. The van der Waals surface area contributed by atoms with E-state index in [9.17, 15) is 9.59 Å². The van der Waals surface area contributed by atoms with Gasteiger partial charge in [-0.2, -0.15) is 0 Å². The van der Waals surface area contributed by atoms with Gasteiger partial charge in [0.2, 0.25) is 5.43 Å². The topological polar surface area (TPSA) is 74.4 Å². The average Bonchev–Trinajstić information content (AvgIpc) is 2.60. The molecular weight excluding hydrogens is 342 g/mol. The fourth-order valence-corrected chi connectivity index (χ4v) is 3.97. The van der Waals surface area contributed by atoms with Crippen LogP contribution in [0.15, 0.2) is 29.2 Å². The predicted octanol–water partition coefficient (Wildman–Crippen LogP) is 2.78. The standard InChI is InChI=1S/C21H29N3O3/c1-14-7-6-10-24(12-14)13-21(2,3)23-20(26)16-11-22-18-15(19(16)25)8-5-9-17(18)27-4/h5,8-9,11,14H,6-7,10,12-13H2,1-4H3,(H,22,25)(H,23,26)/t14-/m0/s1. The number of aromatic nitrogens is 1. The Morgan fingerprint density at radius 2 is 2.19 bits per heavy atom. The van der Waals surface area contributed by atoms with Crippen LogP contribution in [0.3, 0.4) is 0 Å². The Bertz CT molecular complexity index is 888. The van der Waals surface area contributed by atoms with Crippen LogP contribution in [0.4, 0.5) is 0 Å². The normalized spacial score (nSPS) is 18.4. The van der Waals surface area contributed by atoms with Crippen molar-refractivity contribution < 1.29 is 9.53 Å². The lowest BCUT2D eigenvalue weighted by atomic mass is 9.97. The maximum Gasteiger partial charge on any atom is 0.257 e. The number of benzene rings is 1. The molecule has 1 aliphatic rings. The van der Waals surface area contributed by atoms with Gasteiger partial charge in [-0.25, -0.2) is 0 Å². The fourth-order valence-electron chi connectivity index (χ4n) is 3.97. The van der Waals surface area contributed by atoms with E-state index in [2.05, 4.69) is 22.1 Å². The number of likely N-dealkylation sites (tertiary alicyclic amines) is 1. The molecule has 0 spiro atoms. The third-order valence-corrected chi connectivity index (χ3v) is 5.15. The number of carbonyl (C=O) groups is 1. The molecule has 1 aromatic carbocycles. The van der Waals surface area contributed by atoms with E-state index in [1.165, 1.54) is 19.0 Å². The summed E-state index contributed by atoms with van der Waals surface area (Å²) < 4.78 is 5.28. The zero-order valence-electron chi connectivity index (χ0n) is 16.6. The third kappa shape index (κ3) is 4.33. The van der Waals surface area contributed by atoms with E-state index in [4.69, 9.17) is 4.74 Å². The first-order valence-corrected chi connectivity index (χ1v) is 9.54. The number of ether oxygens (including phenoxy) is 1. The van der Waals surface area contributed by atoms with Crippen molar-refractivity contribution in [2.75, 3.05) is 26.7 Å². The molecule has 1 atom stereocenters. The molecule has 1 amide bonds. The molecule has 0 radical (unpaired) electrons. The number of hydrogen-bond donors (Lipinski definition) is 2. The Morgan fingerprint density at radius 3 is 2.89 bits per heavy atom. The lowest BCUT2D eigenvalue weighted by Crippen LogP contribution is -2.53. The van der Waals surface area contributed by atoms with Gasteiger partial charge in [-0.1, -0.05) is 13.0 Å². The molecule has 2 N–H and O–H groups in total. The monoisotopic (exact) mass is 371 g/mol. The molecule has 146 valence electrons. The van der Waals surface area contributed by atoms with Crippen molar-refractivity contribution in [3.8, 4) is 5.75 Å². The molecule has 6 nitrogen and oxygen atoms in total. The van der Waals surface area contributed by atoms with Crippen molar-refractivity contribution in [2.45, 2.75) is 39.2 Å². The summed E-state index contributed by atoms with van der Waals surface area (Å²) in [6, 6.07) is 5.23. The highest BCUT2D eigenvalue weighted by atomic mass is 16.5. The highest BCUT2D eigenvalue weighted by Gasteiger charge is 2.27. The second-order valence-electron chi connectivity index (χ2n) is 8.23. The van der Waals surface area contributed by atoms with Crippen molar-refractivity contribution in [1.82, 2.24) is 15.2 Å². The van der Waals surface area contributed by atoms with Crippen molar-refractivity contribution in [3.05, 3.63) is 40.2 Å². The number of para-hydroxylation sites is 1. The lowest BCUT2D eigenvalue weighted by molar-refractivity contribution is 0.0862. The van der Waals surface area contributed by atoms with E-state index in [0.29, 0.717) is 22.6 Å². The molecule has 0 bridgehead atoms. The molecule has 2 heterocycles. The second kappa shape index (κ2) is 7.72. The molecule has 1 aromatic heterocycles. The van der Waals surface area contributed by atoms with E-state index < -0.39 is 5.54 Å². The van der Waals surface area contributed by atoms with Crippen LogP contribution in [0.2, 0.25) is 0 Å². The Kier molecular flexibility index (Phi) is 5.56. The molecule has 3 rings (SSSR count). The first kappa shape index (κ1) is 19.4. The highest BCUT2D eigenvalue weighted by Crippen LogP contribution is 2.21. The number of H-pyrrole nitrogens is 1. The number of amides is 1. The number of rotatable bonds is 5. The van der Waals surface area contributed by atoms with E-state index in [1.807, 2.05) is 13.8 Å². The molecule has 1 saturated heterocycles. The van der Waals surface area contributed by atoms with Crippen molar-refractivity contribution in [2.24, 2.45) is 5.92 Å². The number of piperidine rings is 1. The number of methoxy groups -OCH3 is 1. The van der Waals surface area contributed by atoms with Crippen LogP contribution < -0.4 is 15.5 Å². The smallest absolute Gasteiger partial charge is 0.257 e. The number of carbonyl (C=O) groups excluding carboxylic acids is 1. The molecule has 1 aliphatic heterocycles. The van der Waals surface area contributed by atoms with Gasteiger partial charge in [0.15, 0.2) is 0 Å². The summed E-state index contributed by atoms with van der Waals surface area (Å²) in [6.45, 7) is 9.14. The van der Waals surface area contributed by atoms with Crippen molar-refractivity contribution >= 4 is 16.8 Å². The molecule has 0 saturated carbocycles. The number of fused-ring (bicyclic) bond motifs is 1. The summed E-state index contributed by atoms with van der Waals surface area (Å²) in [5.74, 6) is 0.913. The minimum absolute atomic E-state index is 0.121. The molecule has 1 fully saturated rings. The zero-order chi connectivity index (χ0) is 19.6. The molecular formula is C21H29N3O3. The Balaban J connectivity index is 1.79. The SMILES string of the molecule is COc1cccc2c(=O)c(C(=O)NC(C)(C)CN3CCC[C@H](C)C3)c[nH]c12. The molecule has 6 heteroatoms. The van der Waals surface area contributed by atoms with Gasteiger partial charge in [0.05, 0.1) is 18.0 Å². The van der Waals surface area contributed by atoms with Gasteiger partial charge >= 0.3 is 0 Å². The Labute approximate surface area is 159 Å². The van der Waals surface area contributed by atoms with Gasteiger partial charge in [0.25, 0.3) is 5.91 Å². The lowest BCUT2D eigenvalue weighted by Gasteiger charge is -2.37. The molecule has 27 heavy (non-hydrogen) atoms. The Morgan fingerprint density at radius 1 is 1.41 bits per heavy atom. The Hall–Kier alpha value is -2.34. The average molecular weight is 371 g/mol. The maximum atomic E-state index is 12.8. The van der Waals surface area contributed by atoms with E-state index in [0.717, 1.165) is 19.6 Å². The van der Waals surface area contributed by atoms with Crippen LogP contribution in [0.25, 0.3) is 10.9 Å². The van der Waals surface area contributed by atoms with Crippen LogP contribution in [0.1, 0.15) is 44.0 Å². The number of aromatic amines is 1. The second-order valence-corrected chi connectivity index (χ2v) is 8.23. The van der Waals surface area contributed by atoms with Gasteiger partial charge < -0.3 is 19.9 Å². The third-order valence-electron chi connectivity index (χ3n) is 5.15. The van der Waals surface area contributed by atoms with Gasteiger partial charge in [-0.05, 0) is 51.3 Å². The van der Waals surface area contributed by atoms with E-state index in [1.54, 1.807) is 25.3 Å². The number of pyridine rings is 1. The van der Waals surface area contributed by atoms with Crippen molar-refractivity contribution in [1.29, 1.82) is 0 Å². The largest absolute Gasteiger partial charge is 0.495 e. The summed E-state index contributed by atoms with van der Waals surface area (Å²) in [5.41, 5.74) is 0.00528. The number of nitrogens with zero attached hydrogens (tertiary/aromatic N) is 1. The summed E-state index contributed by atoms with van der Waals surface area (Å²) in [4.78, 5) is 31.0. The zero-order valence-corrected chi connectivity index (χ0v) is 16.6. The van der Waals surface area contributed by atoms with Gasteiger partial charge in [0, 0.05) is 24.8 Å². The first-order valence-electron chi connectivity index (χ1n) is 9.54. The number of hydrogen-bond acceptors (Lipinski definition) is 4. The molecule has 0 unspecified atom stereocenters. The van der Waals surface area contributed by atoms with Crippen LogP contribution in [-0.2, 0) is 0 Å². The van der Waals surface area contributed by atoms with Gasteiger partial charge in [-0.3, -0.25) is 9.59 Å². The van der Waals surface area contributed by atoms with Crippen LogP contribution >= 0.6 is 0 Å². The minimum Gasteiger partial charge on any atom is -0.495 e. The van der Waals surface area contributed by atoms with Crippen LogP contribution in [-0.4, -0.2) is 48.1 Å². The summed E-state index contributed by atoms with van der Waals surface area (Å²) >= 11 is 0. The van der Waals surface area contributed by atoms with Crippen molar-refractivity contribution in [3.63, 3.8) is 0 Å². The molecule has 0 aliphatic carbocycles.